The van der Waals surface area contributed by atoms with E-state index < -0.39 is 0 Å². The van der Waals surface area contributed by atoms with Crippen LogP contribution in [0.25, 0.3) is 11.2 Å². The topological polar surface area (TPSA) is 87.8 Å². The lowest BCUT2D eigenvalue weighted by Gasteiger charge is -2.23. The Labute approximate surface area is 123 Å². The zero-order chi connectivity index (χ0) is 14.7. The van der Waals surface area contributed by atoms with Crippen LogP contribution in [0, 0.1) is 0 Å². The number of nitrogens with one attached hydrogen (secondary N) is 3. The van der Waals surface area contributed by atoms with Gasteiger partial charge >= 0.3 is 0 Å². The van der Waals surface area contributed by atoms with Crippen LogP contribution >= 0.6 is 0 Å². The average Bonchev–Trinajstić information content (AvgIpc) is 3.12. The molecule has 2 aromatic rings. The van der Waals surface area contributed by atoms with Gasteiger partial charge in [-0.25, -0.2) is 4.98 Å². The number of hydrogen-bond acceptors (Lipinski definition) is 6. The number of imidazole rings is 1. The summed E-state index contributed by atoms with van der Waals surface area (Å²) in [5.74, 6) is 1.38. The van der Waals surface area contributed by atoms with E-state index in [1.165, 1.54) is 0 Å². The third-order valence-corrected chi connectivity index (χ3v) is 3.75. The molecule has 1 aliphatic rings. The summed E-state index contributed by atoms with van der Waals surface area (Å²) in [7, 11) is 0. The zero-order valence-electron chi connectivity index (χ0n) is 12.6. The first-order valence-electron chi connectivity index (χ1n) is 7.53. The van der Waals surface area contributed by atoms with E-state index in [1.807, 2.05) is 0 Å². The van der Waals surface area contributed by atoms with Crippen LogP contribution in [0.15, 0.2) is 6.33 Å². The molecule has 0 aromatic carbocycles. The van der Waals surface area contributed by atoms with E-state index in [0.717, 1.165) is 50.3 Å². The summed E-state index contributed by atoms with van der Waals surface area (Å²) in [5, 5.41) is 6.59. The first kappa shape index (κ1) is 14.1. The molecule has 3 rings (SSSR count). The Balaban J connectivity index is 1.80. The molecule has 7 nitrogen and oxygen atoms in total. The molecule has 0 amide bonds. The Morgan fingerprint density at radius 2 is 2.29 bits per heavy atom. The summed E-state index contributed by atoms with van der Waals surface area (Å²) in [4.78, 5) is 16.3. The van der Waals surface area contributed by atoms with E-state index in [2.05, 4.69) is 44.4 Å². The second-order valence-corrected chi connectivity index (χ2v) is 5.68. The molecular weight excluding hydrogens is 268 g/mol. The van der Waals surface area contributed by atoms with Gasteiger partial charge in [-0.1, -0.05) is 6.92 Å². The molecule has 1 saturated heterocycles. The van der Waals surface area contributed by atoms with E-state index in [1.54, 1.807) is 6.33 Å². The highest BCUT2D eigenvalue weighted by molar-refractivity contribution is 5.83. The van der Waals surface area contributed by atoms with Crippen LogP contribution in [0.4, 0.5) is 11.8 Å². The summed E-state index contributed by atoms with van der Waals surface area (Å²) < 4.78 is 5.80. The maximum atomic E-state index is 5.80. The van der Waals surface area contributed by atoms with Crippen molar-refractivity contribution in [3.8, 4) is 0 Å². The number of aromatic amines is 1. The van der Waals surface area contributed by atoms with Crippen LogP contribution < -0.4 is 10.6 Å². The minimum absolute atomic E-state index is 0.117. The Morgan fingerprint density at radius 3 is 3.05 bits per heavy atom. The first-order valence-corrected chi connectivity index (χ1v) is 7.53. The number of anilines is 2. The zero-order valence-corrected chi connectivity index (χ0v) is 12.6. The van der Waals surface area contributed by atoms with E-state index in [-0.39, 0.29) is 5.60 Å². The number of H-pyrrole nitrogens is 1. The minimum Gasteiger partial charge on any atom is -0.373 e. The number of ether oxygens (including phenoxy) is 1. The largest absolute Gasteiger partial charge is 0.373 e. The maximum Gasteiger partial charge on any atom is 0.226 e. The van der Waals surface area contributed by atoms with Gasteiger partial charge in [-0.2, -0.15) is 9.97 Å². The summed E-state index contributed by atoms with van der Waals surface area (Å²) in [6.07, 6.45) is 4.85. The van der Waals surface area contributed by atoms with E-state index in [0.29, 0.717) is 11.6 Å². The molecule has 0 bridgehead atoms. The van der Waals surface area contributed by atoms with Crippen molar-refractivity contribution in [1.82, 2.24) is 19.9 Å². The normalized spacial score (nSPS) is 21.8. The molecule has 0 aliphatic carbocycles. The number of hydrogen-bond donors (Lipinski definition) is 3. The smallest absolute Gasteiger partial charge is 0.226 e. The van der Waals surface area contributed by atoms with Gasteiger partial charge in [-0.3, -0.25) is 0 Å². The molecule has 1 unspecified atom stereocenters. The van der Waals surface area contributed by atoms with Gasteiger partial charge in [0, 0.05) is 19.7 Å². The SMILES string of the molecule is CCCNc1nc(NCC2(C)CCCO2)c2[nH]cnc2n1. The Hall–Kier alpha value is -1.89. The minimum atomic E-state index is -0.117. The van der Waals surface area contributed by atoms with Gasteiger partial charge < -0.3 is 20.4 Å². The maximum absolute atomic E-state index is 5.80. The summed E-state index contributed by atoms with van der Waals surface area (Å²) in [5.41, 5.74) is 1.39. The molecule has 21 heavy (non-hydrogen) atoms. The van der Waals surface area contributed by atoms with Crippen molar-refractivity contribution < 1.29 is 4.74 Å². The molecule has 114 valence electrons. The number of aromatic nitrogens is 4. The predicted octanol–water partition coefficient (Wildman–Crippen LogP) is 2.16. The standard InChI is InChI=1S/C14H22N6O/c1-3-6-15-13-19-11(10-12(20-13)18-9-17-10)16-8-14(2)5-4-7-21-14/h9H,3-8H2,1-2H3,(H3,15,16,17,18,19,20). The van der Waals surface area contributed by atoms with E-state index in [9.17, 15) is 0 Å². The summed E-state index contributed by atoms with van der Waals surface area (Å²) >= 11 is 0. The second kappa shape index (κ2) is 5.85. The van der Waals surface area contributed by atoms with Crippen molar-refractivity contribution in [2.45, 2.75) is 38.7 Å². The number of rotatable bonds is 6. The molecule has 1 aliphatic heterocycles. The highest BCUT2D eigenvalue weighted by atomic mass is 16.5. The molecule has 3 N–H and O–H groups in total. The molecular formula is C14H22N6O. The van der Waals surface area contributed by atoms with Gasteiger partial charge in [0.2, 0.25) is 5.95 Å². The molecule has 1 fully saturated rings. The van der Waals surface area contributed by atoms with E-state index in [4.69, 9.17) is 4.74 Å². The van der Waals surface area contributed by atoms with Crippen LogP contribution in [0.2, 0.25) is 0 Å². The number of fused-ring (bicyclic) bond motifs is 1. The molecule has 0 radical (unpaired) electrons. The van der Waals surface area contributed by atoms with Gasteiger partial charge in [0.05, 0.1) is 11.9 Å². The van der Waals surface area contributed by atoms with Crippen molar-refractivity contribution in [2.75, 3.05) is 30.3 Å². The van der Waals surface area contributed by atoms with Gasteiger partial charge in [0.25, 0.3) is 0 Å². The Morgan fingerprint density at radius 1 is 1.38 bits per heavy atom. The molecule has 0 spiro atoms. The number of nitrogens with zero attached hydrogens (tertiary/aromatic N) is 3. The fourth-order valence-electron chi connectivity index (χ4n) is 2.52. The van der Waals surface area contributed by atoms with Gasteiger partial charge in [-0.15, -0.1) is 0 Å². The summed E-state index contributed by atoms with van der Waals surface area (Å²) in [6.45, 7) is 6.65. The van der Waals surface area contributed by atoms with Crippen molar-refractivity contribution in [3.63, 3.8) is 0 Å². The Kier molecular flexibility index (Phi) is 3.92. The molecule has 1 atom stereocenters. The fraction of sp³-hybridized carbons (Fsp3) is 0.643. The van der Waals surface area contributed by atoms with Crippen molar-refractivity contribution in [1.29, 1.82) is 0 Å². The molecule has 3 heterocycles. The van der Waals surface area contributed by atoms with Gasteiger partial charge in [-0.05, 0) is 26.2 Å². The molecule has 2 aromatic heterocycles. The predicted molar refractivity (Wildman–Crippen MR) is 82.5 cm³/mol. The first-order chi connectivity index (χ1) is 10.2. The lowest BCUT2D eigenvalue weighted by Crippen LogP contribution is -2.32. The van der Waals surface area contributed by atoms with Crippen LogP contribution in [0.5, 0.6) is 0 Å². The highest BCUT2D eigenvalue weighted by Gasteiger charge is 2.29. The summed E-state index contributed by atoms with van der Waals surface area (Å²) in [6, 6.07) is 0. The third kappa shape index (κ3) is 3.07. The van der Waals surface area contributed by atoms with Crippen molar-refractivity contribution in [3.05, 3.63) is 6.33 Å². The molecule has 7 heteroatoms. The lowest BCUT2D eigenvalue weighted by molar-refractivity contribution is 0.0315. The van der Waals surface area contributed by atoms with E-state index >= 15 is 0 Å². The second-order valence-electron chi connectivity index (χ2n) is 5.68. The van der Waals surface area contributed by atoms with Gasteiger partial charge in [0.15, 0.2) is 11.5 Å². The third-order valence-electron chi connectivity index (χ3n) is 3.75. The van der Waals surface area contributed by atoms with Gasteiger partial charge in [0.1, 0.15) is 5.52 Å². The molecule has 0 saturated carbocycles. The van der Waals surface area contributed by atoms with Crippen LogP contribution in [-0.2, 0) is 4.74 Å². The fourth-order valence-corrected chi connectivity index (χ4v) is 2.52. The van der Waals surface area contributed by atoms with Crippen LogP contribution in [-0.4, -0.2) is 45.2 Å². The lowest BCUT2D eigenvalue weighted by atomic mass is 10.0. The Bertz CT molecular complexity index is 605. The van der Waals surface area contributed by atoms with Crippen molar-refractivity contribution >= 4 is 22.9 Å². The average molecular weight is 290 g/mol. The van der Waals surface area contributed by atoms with Crippen LogP contribution in [0.3, 0.4) is 0 Å². The monoisotopic (exact) mass is 290 g/mol. The highest BCUT2D eigenvalue weighted by Crippen LogP contribution is 2.26. The van der Waals surface area contributed by atoms with Crippen molar-refractivity contribution in [2.24, 2.45) is 0 Å². The van der Waals surface area contributed by atoms with Crippen LogP contribution in [0.1, 0.15) is 33.1 Å². The quantitative estimate of drug-likeness (QED) is 0.755.